The Morgan fingerprint density at radius 3 is 3.08 bits per heavy atom. The van der Waals surface area contributed by atoms with E-state index in [2.05, 4.69) is 35.8 Å². The molecule has 12 heavy (non-hydrogen) atoms. The number of rotatable bonds is 0. The van der Waals surface area contributed by atoms with E-state index in [0.29, 0.717) is 5.54 Å². The highest BCUT2D eigenvalue weighted by atomic mass is 32.2. The van der Waals surface area contributed by atoms with E-state index in [4.69, 9.17) is 0 Å². The molecule has 3 heteroatoms. The average molecular weight is 186 g/mol. The van der Waals surface area contributed by atoms with Gasteiger partial charge in [0.05, 0.1) is 0 Å². The van der Waals surface area contributed by atoms with Crippen molar-refractivity contribution in [3.05, 3.63) is 0 Å². The largest absolute Gasteiger partial charge is 0.313 e. The van der Waals surface area contributed by atoms with Crippen LogP contribution in [0.1, 0.15) is 13.8 Å². The molecule has 2 saturated heterocycles. The molecule has 0 radical (unpaired) electrons. The normalized spacial score (nSPS) is 36.0. The zero-order valence-corrected chi connectivity index (χ0v) is 8.78. The first-order chi connectivity index (χ1) is 5.70. The SMILES string of the molecule is CC1(C)CNCC2CSCCN21. The lowest BCUT2D eigenvalue weighted by molar-refractivity contribution is 0.0509. The van der Waals surface area contributed by atoms with Gasteiger partial charge >= 0.3 is 0 Å². The van der Waals surface area contributed by atoms with Gasteiger partial charge in [0.1, 0.15) is 0 Å². The van der Waals surface area contributed by atoms with Gasteiger partial charge in [0, 0.05) is 42.7 Å². The van der Waals surface area contributed by atoms with E-state index in [1.807, 2.05) is 0 Å². The van der Waals surface area contributed by atoms with Gasteiger partial charge in [-0.1, -0.05) is 0 Å². The Labute approximate surface area is 79.1 Å². The van der Waals surface area contributed by atoms with Crippen molar-refractivity contribution in [2.45, 2.75) is 25.4 Å². The minimum Gasteiger partial charge on any atom is -0.313 e. The maximum absolute atomic E-state index is 3.52. The van der Waals surface area contributed by atoms with Crippen LogP contribution in [0, 0.1) is 0 Å². The van der Waals surface area contributed by atoms with E-state index >= 15 is 0 Å². The molecule has 2 rings (SSSR count). The summed E-state index contributed by atoms with van der Waals surface area (Å²) in [5, 5.41) is 3.52. The summed E-state index contributed by atoms with van der Waals surface area (Å²) in [6.45, 7) is 8.32. The van der Waals surface area contributed by atoms with Gasteiger partial charge in [0.25, 0.3) is 0 Å². The number of fused-ring (bicyclic) bond motifs is 1. The molecule has 0 aromatic carbocycles. The molecule has 2 nitrogen and oxygen atoms in total. The monoisotopic (exact) mass is 186 g/mol. The molecule has 2 aliphatic heterocycles. The maximum Gasteiger partial charge on any atom is 0.0317 e. The standard InChI is InChI=1S/C9H18N2S/c1-9(2)7-10-5-8-6-12-4-3-11(8)9/h8,10H,3-7H2,1-2H3. The quantitative estimate of drug-likeness (QED) is 0.602. The van der Waals surface area contributed by atoms with Crippen LogP contribution in [0.5, 0.6) is 0 Å². The third-order valence-electron chi connectivity index (χ3n) is 2.94. The summed E-state index contributed by atoms with van der Waals surface area (Å²) >= 11 is 2.10. The molecule has 1 atom stereocenters. The van der Waals surface area contributed by atoms with Crippen LogP contribution < -0.4 is 5.32 Å². The van der Waals surface area contributed by atoms with Gasteiger partial charge < -0.3 is 5.32 Å². The predicted octanol–water partition coefficient (Wildman–Crippen LogP) is 0.786. The van der Waals surface area contributed by atoms with Crippen LogP contribution in [0.2, 0.25) is 0 Å². The highest BCUT2D eigenvalue weighted by Gasteiger charge is 2.37. The van der Waals surface area contributed by atoms with Crippen LogP contribution in [-0.2, 0) is 0 Å². The highest BCUT2D eigenvalue weighted by Crippen LogP contribution is 2.26. The first-order valence-corrected chi connectivity index (χ1v) is 5.91. The first kappa shape index (κ1) is 8.85. The van der Waals surface area contributed by atoms with Gasteiger partial charge in [-0.15, -0.1) is 0 Å². The van der Waals surface area contributed by atoms with Crippen molar-refractivity contribution in [3.8, 4) is 0 Å². The minimum atomic E-state index is 0.379. The third-order valence-corrected chi connectivity index (χ3v) is 4.03. The molecule has 2 aliphatic rings. The van der Waals surface area contributed by atoms with Gasteiger partial charge in [-0.25, -0.2) is 0 Å². The summed E-state index contributed by atoms with van der Waals surface area (Å²) in [5.74, 6) is 2.64. The fraction of sp³-hybridized carbons (Fsp3) is 1.00. The summed E-state index contributed by atoms with van der Waals surface area (Å²) in [7, 11) is 0. The third kappa shape index (κ3) is 1.50. The second-order valence-corrected chi connectivity index (χ2v) is 5.52. The molecule has 0 aromatic rings. The molecule has 1 N–H and O–H groups in total. The van der Waals surface area contributed by atoms with Crippen molar-refractivity contribution >= 4 is 11.8 Å². The molecule has 0 saturated carbocycles. The highest BCUT2D eigenvalue weighted by molar-refractivity contribution is 7.99. The molecule has 0 aliphatic carbocycles. The van der Waals surface area contributed by atoms with Gasteiger partial charge in [-0.2, -0.15) is 11.8 Å². The van der Waals surface area contributed by atoms with E-state index in [-0.39, 0.29) is 0 Å². The molecular formula is C9H18N2S. The zero-order chi connectivity index (χ0) is 8.60. The Kier molecular flexibility index (Phi) is 2.36. The van der Waals surface area contributed by atoms with Crippen molar-refractivity contribution < 1.29 is 0 Å². The fourth-order valence-electron chi connectivity index (χ4n) is 2.27. The molecule has 70 valence electrons. The van der Waals surface area contributed by atoms with E-state index < -0.39 is 0 Å². The molecular weight excluding hydrogens is 168 g/mol. The van der Waals surface area contributed by atoms with Gasteiger partial charge in [-0.05, 0) is 13.8 Å². The molecule has 0 spiro atoms. The number of thioether (sulfide) groups is 1. The average Bonchev–Trinajstić information content (AvgIpc) is 2.04. The Hall–Kier alpha value is 0.270. The molecule has 2 heterocycles. The molecule has 0 aromatic heterocycles. The summed E-state index contributed by atoms with van der Waals surface area (Å²) in [4.78, 5) is 2.68. The van der Waals surface area contributed by atoms with Crippen LogP contribution in [-0.4, -0.2) is 47.6 Å². The summed E-state index contributed by atoms with van der Waals surface area (Å²) in [6.07, 6.45) is 0. The minimum absolute atomic E-state index is 0.379. The number of piperazine rings is 1. The van der Waals surface area contributed by atoms with E-state index in [1.165, 1.54) is 24.6 Å². The number of nitrogens with zero attached hydrogens (tertiary/aromatic N) is 1. The van der Waals surface area contributed by atoms with Crippen LogP contribution in [0.3, 0.4) is 0 Å². The maximum atomic E-state index is 3.52. The van der Waals surface area contributed by atoms with E-state index in [0.717, 1.165) is 12.6 Å². The van der Waals surface area contributed by atoms with Crippen molar-refractivity contribution in [2.75, 3.05) is 31.1 Å². The van der Waals surface area contributed by atoms with Crippen molar-refractivity contribution in [1.82, 2.24) is 10.2 Å². The molecule has 0 amide bonds. The van der Waals surface area contributed by atoms with Crippen LogP contribution in [0.4, 0.5) is 0 Å². The van der Waals surface area contributed by atoms with Crippen LogP contribution in [0.25, 0.3) is 0 Å². The Morgan fingerprint density at radius 1 is 1.50 bits per heavy atom. The number of hydrogen-bond acceptors (Lipinski definition) is 3. The van der Waals surface area contributed by atoms with Gasteiger partial charge in [0.2, 0.25) is 0 Å². The smallest absolute Gasteiger partial charge is 0.0317 e. The predicted molar refractivity (Wildman–Crippen MR) is 54.8 cm³/mol. The van der Waals surface area contributed by atoms with E-state index in [9.17, 15) is 0 Å². The van der Waals surface area contributed by atoms with Gasteiger partial charge in [0.15, 0.2) is 0 Å². The molecule has 0 bridgehead atoms. The Bertz CT molecular complexity index is 168. The first-order valence-electron chi connectivity index (χ1n) is 4.75. The van der Waals surface area contributed by atoms with Crippen LogP contribution >= 0.6 is 11.8 Å². The second kappa shape index (κ2) is 3.20. The lowest BCUT2D eigenvalue weighted by atomic mass is 9.97. The molecule has 1 unspecified atom stereocenters. The lowest BCUT2D eigenvalue weighted by Crippen LogP contribution is -2.65. The second-order valence-electron chi connectivity index (χ2n) is 4.37. The van der Waals surface area contributed by atoms with Crippen molar-refractivity contribution in [1.29, 1.82) is 0 Å². The fourth-order valence-corrected chi connectivity index (χ4v) is 3.33. The zero-order valence-electron chi connectivity index (χ0n) is 7.97. The van der Waals surface area contributed by atoms with Crippen molar-refractivity contribution in [2.24, 2.45) is 0 Å². The number of nitrogens with one attached hydrogen (secondary N) is 1. The van der Waals surface area contributed by atoms with Crippen molar-refractivity contribution in [3.63, 3.8) is 0 Å². The van der Waals surface area contributed by atoms with Gasteiger partial charge in [-0.3, -0.25) is 4.90 Å². The lowest BCUT2D eigenvalue weighted by Gasteiger charge is -2.50. The van der Waals surface area contributed by atoms with E-state index in [1.54, 1.807) is 0 Å². The number of hydrogen-bond donors (Lipinski definition) is 1. The topological polar surface area (TPSA) is 15.3 Å². The molecule has 2 fully saturated rings. The summed E-state index contributed by atoms with van der Waals surface area (Å²) in [6, 6.07) is 0.785. The Balaban J connectivity index is 2.09. The summed E-state index contributed by atoms with van der Waals surface area (Å²) in [5.41, 5.74) is 0.379. The Morgan fingerprint density at radius 2 is 2.33 bits per heavy atom. The van der Waals surface area contributed by atoms with Crippen LogP contribution in [0.15, 0.2) is 0 Å². The summed E-state index contributed by atoms with van der Waals surface area (Å²) < 4.78 is 0.